The van der Waals surface area contributed by atoms with Crippen molar-refractivity contribution in [3.8, 4) is 0 Å². The molecular weight excluding hydrogens is 345 g/mol. The van der Waals surface area contributed by atoms with Gasteiger partial charge in [0.1, 0.15) is 11.4 Å². The third-order valence-corrected chi connectivity index (χ3v) is 5.15. The van der Waals surface area contributed by atoms with Crippen molar-refractivity contribution in [1.29, 1.82) is 0 Å². The lowest BCUT2D eigenvalue weighted by molar-refractivity contribution is 0.0700. The Kier molecular flexibility index (Phi) is 6.06. The van der Waals surface area contributed by atoms with Crippen LogP contribution in [0.2, 0.25) is 0 Å². The van der Waals surface area contributed by atoms with Crippen molar-refractivity contribution in [3.05, 3.63) is 69.9 Å². The van der Waals surface area contributed by atoms with Gasteiger partial charge in [-0.05, 0) is 42.2 Å². The average Bonchev–Trinajstić information content (AvgIpc) is 2.86. The van der Waals surface area contributed by atoms with Gasteiger partial charge in [0.05, 0.1) is 0 Å². The number of halogens is 1. The molecule has 27 heavy (non-hydrogen) atoms. The predicted octanol–water partition coefficient (Wildman–Crippen LogP) is 2.89. The highest BCUT2D eigenvalue weighted by atomic mass is 19.1. The van der Waals surface area contributed by atoms with Crippen LogP contribution >= 0.6 is 0 Å². The fraction of sp³-hybridized carbons (Fsp3) is 0.429. The Bertz CT molecular complexity index is 832. The smallest absolute Gasteiger partial charge is 0.260 e. The summed E-state index contributed by atoms with van der Waals surface area (Å²) < 4.78 is 13.2. The normalized spacial score (nSPS) is 18.5. The van der Waals surface area contributed by atoms with Gasteiger partial charge in [0, 0.05) is 38.4 Å². The molecule has 2 heterocycles. The van der Waals surface area contributed by atoms with Gasteiger partial charge < -0.3 is 9.88 Å². The maximum atomic E-state index is 13.2. The third kappa shape index (κ3) is 4.63. The van der Waals surface area contributed by atoms with Gasteiger partial charge in [0.15, 0.2) is 0 Å². The Morgan fingerprint density at radius 1 is 1.22 bits per heavy atom. The van der Waals surface area contributed by atoms with E-state index in [-0.39, 0.29) is 28.9 Å². The minimum atomic E-state index is -0.351. The van der Waals surface area contributed by atoms with Crippen LogP contribution in [0.4, 0.5) is 4.39 Å². The molecule has 3 rings (SSSR count). The average molecular weight is 371 g/mol. The van der Waals surface area contributed by atoms with Crippen LogP contribution in [0.15, 0.2) is 47.4 Å². The number of amides is 1. The van der Waals surface area contributed by atoms with Gasteiger partial charge in [-0.1, -0.05) is 26.0 Å². The van der Waals surface area contributed by atoms with Crippen LogP contribution in [-0.4, -0.2) is 46.4 Å². The first-order valence-electron chi connectivity index (χ1n) is 9.41. The van der Waals surface area contributed by atoms with Crippen LogP contribution in [0, 0.1) is 11.7 Å². The van der Waals surface area contributed by atoms with E-state index in [0.717, 1.165) is 25.1 Å². The van der Waals surface area contributed by atoms with Gasteiger partial charge >= 0.3 is 0 Å². The van der Waals surface area contributed by atoms with E-state index in [1.807, 2.05) is 12.1 Å². The van der Waals surface area contributed by atoms with Gasteiger partial charge in [-0.3, -0.25) is 14.5 Å². The summed E-state index contributed by atoms with van der Waals surface area (Å²) in [6.45, 7) is 7.06. The molecule has 0 saturated carbocycles. The van der Waals surface area contributed by atoms with Crippen LogP contribution in [0.3, 0.4) is 0 Å². The Morgan fingerprint density at radius 2 is 1.96 bits per heavy atom. The summed E-state index contributed by atoms with van der Waals surface area (Å²) in [6, 6.07) is 10.0. The van der Waals surface area contributed by atoms with E-state index in [1.165, 1.54) is 18.3 Å². The number of nitrogens with one attached hydrogen (secondary N) is 1. The highest BCUT2D eigenvalue weighted by molar-refractivity contribution is 5.93. The molecule has 144 valence electrons. The molecule has 1 aromatic heterocycles. The van der Waals surface area contributed by atoms with Crippen molar-refractivity contribution in [1.82, 2.24) is 14.8 Å². The summed E-state index contributed by atoms with van der Waals surface area (Å²) in [4.78, 5) is 31.6. The summed E-state index contributed by atoms with van der Waals surface area (Å²) in [5, 5.41) is 0. The Hall–Kier alpha value is -2.47. The van der Waals surface area contributed by atoms with Crippen LogP contribution in [0.25, 0.3) is 0 Å². The second kappa shape index (κ2) is 8.48. The highest BCUT2D eigenvalue weighted by Gasteiger charge is 2.30. The van der Waals surface area contributed by atoms with Gasteiger partial charge in [-0.15, -0.1) is 0 Å². The first-order chi connectivity index (χ1) is 13.0. The van der Waals surface area contributed by atoms with E-state index in [1.54, 1.807) is 17.0 Å². The van der Waals surface area contributed by atoms with Gasteiger partial charge in [-0.2, -0.15) is 0 Å². The number of hydrogen-bond donors (Lipinski definition) is 1. The molecule has 1 aliphatic rings. The lowest BCUT2D eigenvalue weighted by Crippen LogP contribution is -2.46. The molecule has 1 fully saturated rings. The SMILES string of the molecule is CC(C)[C@@H]1CN(C(=O)c2ccc[nH]c2=O)CCCN1Cc1ccc(F)cc1. The topological polar surface area (TPSA) is 56.4 Å². The quantitative estimate of drug-likeness (QED) is 0.899. The Labute approximate surface area is 158 Å². The molecule has 6 heteroatoms. The number of aromatic amines is 1. The number of carbonyl (C=O) groups is 1. The van der Waals surface area contributed by atoms with Crippen LogP contribution < -0.4 is 5.56 Å². The number of rotatable bonds is 4. The molecule has 0 radical (unpaired) electrons. The number of pyridine rings is 1. The van der Waals surface area contributed by atoms with Gasteiger partial charge in [0.2, 0.25) is 0 Å². The van der Waals surface area contributed by atoms with Crippen molar-refractivity contribution in [2.75, 3.05) is 19.6 Å². The molecule has 1 N–H and O–H groups in total. The second-order valence-electron chi connectivity index (χ2n) is 7.43. The minimum Gasteiger partial charge on any atom is -0.337 e. The van der Waals surface area contributed by atoms with Crippen molar-refractivity contribution in [3.63, 3.8) is 0 Å². The summed E-state index contributed by atoms with van der Waals surface area (Å²) in [7, 11) is 0. The highest BCUT2D eigenvalue weighted by Crippen LogP contribution is 2.21. The third-order valence-electron chi connectivity index (χ3n) is 5.15. The maximum Gasteiger partial charge on any atom is 0.260 e. The zero-order chi connectivity index (χ0) is 19.4. The molecule has 0 bridgehead atoms. The van der Waals surface area contributed by atoms with E-state index in [0.29, 0.717) is 19.0 Å². The lowest BCUT2D eigenvalue weighted by atomic mass is 10.0. The summed E-state index contributed by atoms with van der Waals surface area (Å²) >= 11 is 0. The minimum absolute atomic E-state index is 0.171. The van der Waals surface area contributed by atoms with Gasteiger partial charge in [-0.25, -0.2) is 4.39 Å². The van der Waals surface area contributed by atoms with E-state index in [2.05, 4.69) is 23.7 Å². The molecular formula is C21H26FN3O2. The van der Waals surface area contributed by atoms with Crippen molar-refractivity contribution in [2.45, 2.75) is 32.9 Å². The zero-order valence-electron chi connectivity index (χ0n) is 15.8. The predicted molar refractivity (Wildman–Crippen MR) is 103 cm³/mol. The van der Waals surface area contributed by atoms with Crippen LogP contribution in [0.1, 0.15) is 36.2 Å². The van der Waals surface area contributed by atoms with E-state index in [9.17, 15) is 14.0 Å². The number of carbonyl (C=O) groups excluding carboxylic acids is 1. The first kappa shape index (κ1) is 19.3. The Morgan fingerprint density at radius 3 is 2.63 bits per heavy atom. The standard InChI is InChI=1S/C21H26FN3O2/c1-15(2)19-14-25(21(27)18-5-3-10-23-20(18)26)12-4-11-24(19)13-16-6-8-17(22)9-7-16/h3,5-10,15,19H,4,11-14H2,1-2H3,(H,23,26)/t19-/m0/s1. The first-order valence-corrected chi connectivity index (χ1v) is 9.41. The second-order valence-corrected chi connectivity index (χ2v) is 7.43. The molecule has 2 aromatic rings. The molecule has 1 aliphatic heterocycles. The molecule has 1 amide bonds. The molecule has 1 atom stereocenters. The number of H-pyrrole nitrogens is 1. The summed E-state index contributed by atoms with van der Waals surface area (Å²) in [5.74, 6) is -0.112. The van der Waals surface area contributed by atoms with Crippen molar-refractivity contribution < 1.29 is 9.18 Å². The number of benzene rings is 1. The fourth-order valence-corrected chi connectivity index (χ4v) is 3.66. The molecule has 0 aliphatic carbocycles. The van der Waals surface area contributed by atoms with E-state index in [4.69, 9.17) is 0 Å². The number of nitrogens with zero attached hydrogens (tertiary/aromatic N) is 2. The van der Waals surface area contributed by atoms with E-state index >= 15 is 0 Å². The number of aromatic nitrogens is 1. The molecule has 0 unspecified atom stereocenters. The van der Waals surface area contributed by atoms with Crippen molar-refractivity contribution >= 4 is 5.91 Å². The number of hydrogen-bond acceptors (Lipinski definition) is 3. The van der Waals surface area contributed by atoms with Crippen LogP contribution in [-0.2, 0) is 6.54 Å². The molecule has 0 spiro atoms. The largest absolute Gasteiger partial charge is 0.337 e. The molecule has 1 aromatic carbocycles. The van der Waals surface area contributed by atoms with Crippen LogP contribution in [0.5, 0.6) is 0 Å². The summed E-state index contributed by atoms with van der Waals surface area (Å²) in [6.07, 6.45) is 2.36. The van der Waals surface area contributed by atoms with Crippen molar-refractivity contribution in [2.24, 2.45) is 5.92 Å². The molecule has 1 saturated heterocycles. The Balaban J connectivity index is 1.78. The maximum absolute atomic E-state index is 13.2. The summed E-state index contributed by atoms with van der Waals surface area (Å²) in [5.41, 5.74) is 0.893. The zero-order valence-corrected chi connectivity index (χ0v) is 15.8. The van der Waals surface area contributed by atoms with Gasteiger partial charge in [0.25, 0.3) is 11.5 Å². The molecule has 5 nitrogen and oxygen atoms in total. The monoisotopic (exact) mass is 371 g/mol. The van der Waals surface area contributed by atoms with E-state index < -0.39 is 0 Å². The lowest BCUT2D eigenvalue weighted by Gasteiger charge is -2.34. The fourth-order valence-electron chi connectivity index (χ4n) is 3.66.